The molecule has 0 spiro atoms. The van der Waals surface area contributed by atoms with E-state index in [4.69, 9.17) is 28.7 Å². The number of nitrogens with zero attached hydrogens (tertiary/aromatic N) is 1. The topological polar surface area (TPSA) is 166 Å². The van der Waals surface area contributed by atoms with Crippen LogP contribution in [0.2, 0.25) is 0 Å². The van der Waals surface area contributed by atoms with E-state index in [-0.39, 0.29) is 37.2 Å². The molecule has 5 heterocycles. The Balaban J connectivity index is 1.55. The van der Waals surface area contributed by atoms with E-state index in [0.717, 1.165) is 41.3 Å². The Hall–Kier alpha value is -4.00. The van der Waals surface area contributed by atoms with Crippen molar-refractivity contribution in [3.63, 3.8) is 0 Å². The molecule has 0 amide bonds. The van der Waals surface area contributed by atoms with E-state index in [9.17, 15) is 24.6 Å². The van der Waals surface area contributed by atoms with Gasteiger partial charge < -0.3 is 38.9 Å². The molecule has 0 aromatic carbocycles. The lowest BCUT2D eigenvalue weighted by Crippen LogP contribution is -2.43. The van der Waals surface area contributed by atoms with Crippen molar-refractivity contribution in [1.29, 1.82) is 0 Å². The quantitative estimate of drug-likeness (QED) is 0.182. The smallest absolute Gasteiger partial charge is 0.334 e. The first kappa shape index (κ1) is 39.2. The van der Waals surface area contributed by atoms with E-state index in [1.165, 1.54) is 6.92 Å². The molecular formula is C40H54N2O10. The minimum Gasteiger partial charge on any atom is -0.467 e. The molecule has 6 atom stereocenters. The zero-order valence-electron chi connectivity index (χ0n) is 31.4. The van der Waals surface area contributed by atoms with Crippen LogP contribution in [0.5, 0.6) is 0 Å². The molecule has 12 nitrogen and oxygen atoms in total. The van der Waals surface area contributed by atoms with E-state index in [1.807, 2.05) is 32.1 Å². The van der Waals surface area contributed by atoms with Crippen molar-refractivity contribution >= 4 is 23.8 Å². The lowest BCUT2D eigenvalue weighted by molar-refractivity contribution is -0.153. The third-order valence-corrected chi connectivity index (χ3v) is 10.1. The third kappa shape index (κ3) is 8.78. The number of rotatable bonds is 9. The van der Waals surface area contributed by atoms with Crippen molar-refractivity contribution in [2.75, 3.05) is 26.4 Å². The van der Waals surface area contributed by atoms with Crippen molar-refractivity contribution in [1.82, 2.24) is 4.98 Å². The second kappa shape index (κ2) is 16.8. The largest absolute Gasteiger partial charge is 0.467 e. The van der Waals surface area contributed by atoms with E-state index in [1.54, 1.807) is 6.92 Å². The summed E-state index contributed by atoms with van der Waals surface area (Å²) in [5.41, 5.74) is 4.03. The molecule has 4 bridgehead atoms. The Morgan fingerprint density at radius 3 is 2.56 bits per heavy atom. The van der Waals surface area contributed by atoms with Crippen LogP contribution in [0.3, 0.4) is 0 Å². The fourth-order valence-electron chi connectivity index (χ4n) is 7.01. The molecule has 4 aliphatic heterocycles. The van der Waals surface area contributed by atoms with Gasteiger partial charge in [-0.15, -0.1) is 0 Å². The number of allylic oxidation sites excluding steroid dienone is 2. The van der Waals surface area contributed by atoms with Crippen LogP contribution in [0.25, 0.3) is 0 Å². The van der Waals surface area contributed by atoms with Crippen molar-refractivity contribution in [2.24, 2.45) is 22.2 Å². The van der Waals surface area contributed by atoms with Gasteiger partial charge in [0, 0.05) is 30.4 Å². The number of carbonyl (C=O) groups is 3. The molecule has 2 saturated heterocycles. The molecule has 0 unspecified atom stereocenters. The summed E-state index contributed by atoms with van der Waals surface area (Å²) in [6.45, 7) is 13.3. The molecule has 4 aliphatic rings. The Bertz CT molecular complexity index is 1660. The summed E-state index contributed by atoms with van der Waals surface area (Å²) in [6, 6.07) is 3.27. The lowest BCUT2D eigenvalue weighted by atomic mass is 9.83. The number of esters is 3. The van der Waals surface area contributed by atoms with Crippen molar-refractivity contribution in [3.05, 3.63) is 69.6 Å². The maximum Gasteiger partial charge on any atom is 0.334 e. The number of cyclic esters (lactones) is 1. The molecule has 284 valence electrons. The summed E-state index contributed by atoms with van der Waals surface area (Å²) in [6.07, 6.45) is 5.08. The van der Waals surface area contributed by atoms with E-state index in [2.05, 4.69) is 31.8 Å². The van der Waals surface area contributed by atoms with Crippen LogP contribution in [0, 0.1) is 17.3 Å². The van der Waals surface area contributed by atoms with Gasteiger partial charge in [0.1, 0.15) is 23.8 Å². The Kier molecular flexibility index (Phi) is 12.6. The number of H-pyrrole nitrogens is 1. The molecule has 0 aliphatic carbocycles. The lowest BCUT2D eigenvalue weighted by Gasteiger charge is -2.27. The molecule has 5 rings (SSSR count). The van der Waals surface area contributed by atoms with Crippen LogP contribution >= 0.6 is 0 Å². The second-order valence-electron chi connectivity index (χ2n) is 15.4. The van der Waals surface area contributed by atoms with Crippen LogP contribution in [0.15, 0.2) is 63.2 Å². The average Bonchev–Trinajstić information content (AvgIpc) is 3.87. The van der Waals surface area contributed by atoms with Gasteiger partial charge in [0.25, 0.3) is 0 Å². The predicted molar refractivity (Wildman–Crippen MR) is 193 cm³/mol. The van der Waals surface area contributed by atoms with Gasteiger partial charge in [-0.25, -0.2) is 14.6 Å². The van der Waals surface area contributed by atoms with Gasteiger partial charge in [-0.2, -0.15) is 0 Å². The zero-order valence-corrected chi connectivity index (χ0v) is 31.4. The van der Waals surface area contributed by atoms with Gasteiger partial charge in [-0.1, -0.05) is 39.3 Å². The second-order valence-corrected chi connectivity index (χ2v) is 15.4. The molecule has 2 fully saturated rings. The molecule has 0 radical (unpaired) electrons. The summed E-state index contributed by atoms with van der Waals surface area (Å²) >= 11 is 0. The molecule has 12 heteroatoms. The van der Waals surface area contributed by atoms with Gasteiger partial charge in [-0.3, -0.25) is 4.79 Å². The molecular weight excluding hydrogens is 668 g/mol. The molecule has 1 aromatic heterocycles. The van der Waals surface area contributed by atoms with E-state index < -0.39 is 54.3 Å². The first-order valence-electron chi connectivity index (χ1n) is 18.4. The average molecular weight is 723 g/mol. The Labute approximate surface area is 306 Å². The van der Waals surface area contributed by atoms with Gasteiger partial charge in [0.2, 0.25) is 5.90 Å². The number of aromatic nitrogens is 1. The summed E-state index contributed by atoms with van der Waals surface area (Å²) in [7, 11) is 0. The predicted octanol–water partition coefficient (Wildman–Crippen LogP) is 4.84. The monoisotopic (exact) mass is 722 g/mol. The minimum atomic E-state index is -1.49. The number of aliphatic imine (C=N–C) groups is 1. The van der Waals surface area contributed by atoms with Crippen molar-refractivity contribution < 1.29 is 48.3 Å². The highest BCUT2D eigenvalue weighted by molar-refractivity contribution is 5.97. The van der Waals surface area contributed by atoms with Crippen LogP contribution < -0.4 is 0 Å². The number of aromatic amines is 1. The number of nitrogens with one attached hydrogen (secondary N) is 1. The van der Waals surface area contributed by atoms with E-state index in [0.29, 0.717) is 42.5 Å². The van der Waals surface area contributed by atoms with Gasteiger partial charge in [-0.05, 0) is 93.2 Å². The molecule has 1 aromatic rings. The first-order valence-corrected chi connectivity index (χ1v) is 18.4. The maximum absolute atomic E-state index is 13.7. The Morgan fingerprint density at radius 2 is 1.87 bits per heavy atom. The Morgan fingerprint density at radius 1 is 1.10 bits per heavy atom. The SMILES string of the molecule is C/C(CCCO)=C1/CO[C@@H](CC(C)C)/C1=C\[C@@H]1N=C2O[C@H]1COC(=O)/C(CC(C)C)=C/C(=O)O[C@H]1[C@H](OC(=O)[C@]1(C)CO)/C(C)=C/Cc1ccc2[nH]1. The molecule has 3 N–H and O–H groups in total. The fraction of sp³-hybridized carbons (Fsp3) is 0.600. The number of aliphatic hydroxyl groups is 2. The van der Waals surface area contributed by atoms with E-state index >= 15 is 0 Å². The highest BCUT2D eigenvalue weighted by Crippen LogP contribution is 2.40. The zero-order chi connectivity index (χ0) is 37.7. The van der Waals surface area contributed by atoms with Gasteiger partial charge in [0.15, 0.2) is 18.3 Å². The number of ether oxygens (including phenoxy) is 5. The summed E-state index contributed by atoms with van der Waals surface area (Å²) in [5, 5.41) is 19.7. The standard InChI is InChI=1S/C40H54N2O10/c1-22(2)15-26-17-34(45)51-36-35(52-39(47)40(36,7)21-44)25(6)10-11-27-12-13-30(41-27)37-42-31(33(50-37)20-49-38(26)46)18-28-29(24(5)9-8-14-43)19-48-32(28)16-23(3)4/h10,12-13,17-18,22-23,31-33,35-36,41,43-44H,8-9,11,14-16,19-21H2,1-7H3/b25-10+,26-17+,28-18-,29-24+/t31-,32-,33-,35+,36-,40+/m0/s1. The van der Waals surface area contributed by atoms with Crippen molar-refractivity contribution in [3.8, 4) is 0 Å². The van der Waals surface area contributed by atoms with Crippen LogP contribution in [0.1, 0.15) is 85.5 Å². The summed E-state index contributed by atoms with van der Waals surface area (Å²) in [4.78, 5) is 48.4. The number of aliphatic hydroxyl groups excluding tert-OH is 2. The van der Waals surface area contributed by atoms with Crippen molar-refractivity contribution in [2.45, 2.75) is 111 Å². The fourth-order valence-corrected chi connectivity index (χ4v) is 7.01. The third-order valence-electron chi connectivity index (χ3n) is 10.1. The normalized spacial score (nSPS) is 32.2. The van der Waals surface area contributed by atoms with Gasteiger partial charge >= 0.3 is 17.9 Å². The van der Waals surface area contributed by atoms with Crippen LogP contribution in [0.4, 0.5) is 0 Å². The minimum absolute atomic E-state index is 0.00163. The number of hydrogen-bond acceptors (Lipinski definition) is 11. The molecule has 52 heavy (non-hydrogen) atoms. The molecule has 0 saturated carbocycles. The highest BCUT2D eigenvalue weighted by Gasteiger charge is 2.57. The maximum atomic E-state index is 13.7. The number of carbonyl (C=O) groups excluding carboxylic acids is 3. The highest BCUT2D eigenvalue weighted by atomic mass is 16.6. The summed E-state index contributed by atoms with van der Waals surface area (Å²) in [5.74, 6) is -1.46. The number of hydrogen-bond donors (Lipinski definition) is 3. The van der Waals surface area contributed by atoms with Crippen LogP contribution in [-0.4, -0.2) is 95.9 Å². The first-order chi connectivity index (χ1) is 24.7. The summed E-state index contributed by atoms with van der Waals surface area (Å²) < 4.78 is 30.1. The van der Waals surface area contributed by atoms with Gasteiger partial charge in [0.05, 0.1) is 19.3 Å². The van der Waals surface area contributed by atoms with Crippen LogP contribution in [-0.2, 0) is 44.5 Å². The number of fused-ring (bicyclic) bond motifs is 6.